The zero-order valence-electron chi connectivity index (χ0n) is 11.7. The van der Waals surface area contributed by atoms with Crippen molar-refractivity contribution in [3.63, 3.8) is 0 Å². The highest BCUT2D eigenvalue weighted by atomic mass is 16.4. The van der Waals surface area contributed by atoms with Gasteiger partial charge in [0.05, 0.1) is 5.41 Å². The van der Waals surface area contributed by atoms with E-state index in [4.69, 9.17) is 15.9 Å². The highest BCUT2D eigenvalue weighted by molar-refractivity contribution is 5.88. The van der Waals surface area contributed by atoms with E-state index in [-0.39, 0.29) is 12.8 Å². The van der Waals surface area contributed by atoms with Crippen LogP contribution in [0.1, 0.15) is 40.5 Å². The number of hydrogen-bond donors (Lipinski definition) is 4. The molecule has 0 fully saturated rings. The van der Waals surface area contributed by atoms with Gasteiger partial charge in [-0.2, -0.15) is 0 Å². The molecule has 0 bridgehead atoms. The van der Waals surface area contributed by atoms with Crippen LogP contribution in [0.3, 0.4) is 0 Å². The smallest absolute Gasteiger partial charge is 0.326 e. The van der Waals surface area contributed by atoms with Gasteiger partial charge in [-0.25, -0.2) is 4.79 Å². The van der Waals surface area contributed by atoms with Gasteiger partial charge in [-0.05, 0) is 34.1 Å². The molecule has 0 aliphatic heterocycles. The molecule has 110 valence electrons. The van der Waals surface area contributed by atoms with Crippen molar-refractivity contribution in [2.45, 2.75) is 52.1 Å². The van der Waals surface area contributed by atoms with E-state index in [1.807, 2.05) is 0 Å². The van der Waals surface area contributed by atoms with Gasteiger partial charge in [-0.15, -0.1) is 0 Å². The van der Waals surface area contributed by atoms with Gasteiger partial charge in [0.15, 0.2) is 0 Å². The van der Waals surface area contributed by atoms with Gasteiger partial charge in [0, 0.05) is 12.0 Å². The maximum atomic E-state index is 12.1. The van der Waals surface area contributed by atoms with Gasteiger partial charge in [-0.3, -0.25) is 9.59 Å². The highest BCUT2D eigenvalue weighted by Gasteiger charge is 2.41. The van der Waals surface area contributed by atoms with Crippen LogP contribution >= 0.6 is 0 Å². The summed E-state index contributed by atoms with van der Waals surface area (Å²) < 4.78 is 0. The van der Waals surface area contributed by atoms with Crippen molar-refractivity contribution in [1.82, 2.24) is 5.32 Å². The van der Waals surface area contributed by atoms with E-state index in [1.165, 1.54) is 0 Å². The predicted molar refractivity (Wildman–Crippen MR) is 68.5 cm³/mol. The molecule has 0 aliphatic carbocycles. The van der Waals surface area contributed by atoms with E-state index in [2.05, 4.69) is 5.32 Å². The van der Waals surface area contributed by atoms with Crippen molar-refractivity contribution >= 4 is 17.8 Å². The molecule has 0 aromatic rings. The normalized spacial score (nSPS) is 13.7. The van der Waals surface area contributed by atoms with Crippen LogP contribution in [-0.4, -0.2) is 39.6 Å². The van der Waals surface area contributed by atoms with Crippen LogP contribution < -0.4 is 11.1 Å². The Morgan fingerprint density at radius 3 is 1.95 bits per heavy atom. The van der Waals surface area contributed by atoms with E-state index in [0.29, 0.717) is 0 Å². The fourth-order valence-electron chi connectivity index (χ4n) is 1.16. The number of nitrogens with two attached hydrogens (primary N) is 1. The zero-order valence-corrected chi connectivity index (χ0v) is 11.7. The van der Waals surface area contributed by atoms with Crippen molar-refractivity contribution < 1.29 is 24.6 Å². The lowest BCUT2D eigenvalue weighted by molar-refractivity contribution is -0.145. The van der Waals surface area contributed by atoms with Gasteiger partial charge in [0.25, 0.3) is 0 Å². The molecule has 0 aliphatic rings. The maximum Gasteiger partial charge on any atom is 0.326 e. The summed E-state index contributed by atoms with van der Waals surface area (Å²) >= 11 is 0. The first kappa shape index (κ1) is 17.4. The molecule has 19 heavy (non-hydrogen) atoms. The molecule has 0 aromatic carbocycles. The van der Waals surface area contributed by atoms with Gasteiger partial charge < -0.3 is 21.3 Å². The molecular weight excluding hydrogens is 252 g/mol. The molecule has 0 rings (SSSR count). The summed E-state index contributed by atoms with van der Waals surface area (Å²) in [4.78, 5) is 33.5. The summed E-state index contributed by atoms with van der Waals surface area (Å²) in [7, 11) is 0. The van der Waals surface area contributed by atoms with Gasteiger partial charge in [-0.1, -0.05) is 0 Å². The summed E-state index contributed by atoms with van der Waals surface area (Å²) in [5.41, 5.74) is 4.06. The first-order valence-corrected chi connectivity index (χ1v) is 5.94. The number of aliphatic carboxylic acids is 2. The predicted octanol–water partition coefficient (Wildman–Crippen LogP) is 0.184. The molecule has 0 radical (unpaired) electrons. The first-order valence-electron chi connectivity index (χ1n) is 5.94. The van der Waals surface area contributed by atoms with Gasteiger partial charge in [0.1, 0.15) is 6.04 Å². The van der Waals surface area contributed by atoms with Gasteiger partial charge >= 0.3 is 11.9 Å². The van der Waals surface area contributed by atoms with Crippen LogP contribution in [0.2, 0.25) is 0 Å². The Bertz CT molecular complexity index is 371. The zero-order chi connectivity index (χ0) is 15.4. The third-order valence-corrected chi connectivity index (χ3v) is 3.43. The molecule has 7 nitrogen and oxygen atoms in total. The van der Waals surface area contributed by atoms with Crippen molar-refractivity contribution in [1.29, 1.82) is 0 Å². The van der Waals surface area contributed by atoms with Crippen molar-refractivity contribution in [2.24, 2.45) is 11.1 Å². The lowest BCUT2D eigenvalue weighted by atomic mass is 9.74. The minimum Gasteiger partial charge on any atom is -0.481 e. The standard InChI is InChI=1S/C12H22N2O5/c1-11(2,12(3,4)13)10(19)14-7(9(17)18)5-6-8(15)16/h7H,5-6,13H2,1-4H3,(H,14,19)(H,15,16)(H,17,18). The topological polar surface area (TPSA) is 130 Å². The minimum atomic E-state index is -1.26. The lowest BCUT2D eigenvalue weighted by Gasteiger charge is -2.37. The Morgan fingerprint density at radius 2 is 1.63 bits per heavy atom. The third kappa shape index (κ3) is 4.86. The van der Waals surface area contributed by atoms with E-state index in [0.717, 1.165) is 0 Å². The molecule has 0 spiro atoms. The molecule has 1 unspecified atom stereocenters. The van der Waals surface area contributed by atoms with Gasteiger partial charge in [0.2, 0.25) is 5.91 Å². The SMILES string of the molecule is CC(C)(N)C(C)(C)C(=O)NC(CCC(=O)O)C(=O)O. The molecule has 7 heteroatoms. The summed E-state index contributed by atoms with van der Waals surface area (Å²) in [5.74, 6) is -2.89. The quantitative estimate of drug-likeness (QED) is 0.524. The molecule has 1 amide bonds. The first-order chi connectivity index (χ1) is 8.39. The lowest BCUT2D eigenvalue weighted by Crippen LogP contribution is -2.58. The second kappa shape index (κ2) is 6.01. The van der Waals surface area contributed by atoms with E-state index in [1.54, 1.807) is 27.7 Å². The number of carboxylic acids is 2. The molecule has 0 aromatic heterocycles. The number of carbonyl (C=O) groups excluding carboxylic acids is 1. The fourth-order valence-corrected chi connectivity index (χ4v) is 1.16. The molecular formula is C12H22N2O5. The average Bonchev–Trinajstić information content (AvgIpc) is 2.21. The van der Waals surface area contributed by atoms with Crippen molar-refractivity contribution in [3.8, 4) is 0 Å². The van der Waals surface area contributed by atoms with Crippen LogP contribution in [0.4, 0.5) is 0 Å². The Hall–Kier alpha value is -1.63. The monoisotopic (exact) mass is 274 g/mol. The molecule has 5 N–H and O–H groups in total. The van der Waals surface area contributed by atoms with Crippen LogP contribution in [0.15, 0.2) is 0 Å². The number of amides is 1. The maximum absolute atomic E-state index is 12.1. The Morgan fingerprint density at radius 1 is 1.16 bits per heavy atom. The minimum absolute atomic E-state index is 0.169. The number of hydrogen-bond acceptors (Lipinski definition) is 4. The van der Waals surface area contributed by atoms with E-state index < -0.39 is 34.8 Å². The second-order valence-corrected chi connectivity index (χ2v) is 5.64. The van der Waals surface area contributed by atoms with Crippen LogP contribution in [0.5, 0.6) is 0 Å². The van der Waals surface area contributed by atoms with E-state index >= 15 is 0 Å². The summed E-state index contributed by atoms with van der Waals surface area (Å²) in [6.45, 7) is 6.55. The Labute approximate surface area is 112 Å². The second-order valence-electron chi connectivity index (χ2n) is 5.64. The average molecular weight is 274 g/mol. The number of nitrogens with one attached hydrogen (secondary N) is 1. The summed E-state index contributed by atoms with van der Waals surface area (Å²) in [6, 6.07) is -1.23. The van der Waals surface area contributed by atoms with E-state index in [9.17, 15) is 14.4 Å². The van der Waals surface area contributed by atoms with Crippen LogP contribution in [0.25, 0.3) is 0 Å². The number of carboxylic acid groups (broad SMARTS) is 2. The van der Waals surface area contributed by atoms with Crippen LogP contribution in [0, 0.1) is 5.41 Å². The molecule has 0 saturated heterocycles. The molecule has 1 atom stereocenters. The highest BCUT2D eigenvalue weighted by Crippen LogP contribution is 2.28. The van der Waals surface area contributed by atoms with Crippen LogP contribution in [-0.2, 0) is 14.4 Å². The molecule has 0 saturated carbocycles. The van der Waals surface area contributed by atoms with Crippen molar-refractivity contribution in [3.05, 3.63) is 0 Å². The van der Waals surface area contributed by atoms with Crippen molar-refractivity contribution in [2.75, 3.05) is 0 Å². The Kier molecular flexibility index (Phi) is 5.49. The fraction of sp³-hybridized carbons (Fsp3) is 0.750. The summed E-state index contributed by atoms with van der Waals surface area (Å²) in [5, 5.41) is 19.8. The number of carbonyl (C=O) groups is 3. The third-order valence-electron chi connectivity index (χ3n) is 3.43. The number of rotatable bonds is 7. The summed E-state index contributed by atoms with van der Waals surface area (Å²) in [6.07, 6.45) is -0.499. The molecule has 0 heterocycles. The largest absolute Gasteiger partial charge is 0.481 e. The Balaban J connectivity index is 4.82.